The van der Waals surface area contributed by atoms with E-state index in [4.69, 9.17) is 9.47 Å². The fraction of sp³-hybridized carbons (Fsp3) is 0.348. The predicted molar refractivity (Wildman–Crippen MR) is 125 cm³/mol. The summed E-state index contributed by atoms with van der Waals surface area (Å²) in [5, 5.41) is 4.43. The number of carbonyl (C=O) groups excluding carboxylic acids is 3. The molecule has 1 aromatic heterocycles. The third kappa shape index (κ3) is 4.99. The van der Waals surface area contributed by atoms with Gasteiger partial charge in [-0.1, -0.05) is 26.0 Å². The van der Waals surface area contributed by atoms with E-state index in [0.29, 0.717) is 29.6 Å². The van der Waals surface area contributed by atoms with Crippen LogP contribution in [0.5, 0.6) is 11.5 Å². The molecule has 1 fully saturated rings. The van der Waals surface area contributed by atoms with E-state index in [2.05, 4.69) is 5.32 Å². The molecule has 2 aliphatic rings. The molecule has 0 bridgehead atoms. The molecule has 1 N–H and O–H groups in total. The molecule has 1 aromatic carbocycles. The van der Waals surface area contributed by atoms with Gasteiger partial charge in [0.15, 0.2) is 11.5 Å². The Morgan fingerprint density at radius 1 is 1.19 bits per heavy atom. The highest BCUT2D eigenvalue weighted by Crippen LogP contribution is 2.35. The van der Waals surface area contributed by atoms with Crippen LogP contribution in [0.4, 0.5) is 4.79 Å². The Balaban J connectivity index is 1.45. The van der Waals surface area contributed by atoms with Crippen molar-refractivity contribution >= 4 is 46.2 Å². The van der Waals surface area contributed by atoms with Crippen molar-refractivity contribution in [3.8, 4) is 11.5 Å². The standard InChI is InChI=1S/C23H24N2O5S2/c1-14(2)21(15-6-7-17-18(11-15)30-9-4-8-29-17)24-20(26)13-25-22(27)19(32-23(25)28)12-16-5-3-10-31-16/h3,5-7,10-12,14,21H,4,8-9,13H2,1-2H3,(H,24,26)/b19-12-. The molecule has 0 saturated carbocycles. The van der Waals surface area contributed by atoms with Crippen LogP contribution in [-0.2, 0) is 9.59 Å². The fourth-order valence-electron chi connectivity index (χ4n) is 3.51. The highest BCUT2D eigenvalue weighted by molar-refractivity contribution is 8.18. The lowest BCUT2D eigenvalue weighted by molar-refractivity contribution is -0.129. The normalized spacial score (nSPS) is 18.2. The molecule has 4 rings (SSSR count). The summed E-state index contributed by atoms with van der Waals surface area (Å²) in [5.74, 6) is 0.591. The minimum atomic E-state index is -0.444. The molecule has 1 saturated heterocycles. The summed E-state index contributed by atoms with van der Waals surface area (Å²) in [6.45, 7) is 4.86. The number of imide groups is 1. The van der Waals surface area contributed by atoms with Crippen LogP contribution in [0.25, 0.3) is 6.08 Å². The first-order chi connectivity index (χ1) is 15.4. The molecule has 0 radical (unpaired) electrons. The molecular formula is C23H24N2O5S2. The summed E-state index contributed by atoms with van der Waals surface area (Å²) in [4.78, 5) is 40.0. The third-order valence-corrected chi connectivity index (χ3v) is 6.83. The van der Waals surface area contributed by atoms with Gasteiger partial charge in [-0.25, -0.2) is 0 Å². The number of carbonyl (C=O) groups is 3. The van der Waals surface area contributed by atoms with Crippen molar-refractivity contribution in [3.05, 3.63) is 51.1 Å². The summed E-state index contributed by atoms with van der Waals surface area (Å²) >= 11 is 2.33. The van der Waals surface area contributed by atoms with Crippen LogP contribution in [0, 0.1) is 5.92 Å². The van der Waals surface area contributed by atoms with Crippen molar-refractivity contribution in [2.24, 2.45) is 5.92 Å². The van der Waals surface area contributed by atoms with Gasteiger partial charge in [-0.05, 0) is 52.9 Å². The topological polar surface area (TPSA) is 84.9 Å². The molecule has 1 unspecified atom stereocenters. The number of nitrogens with zero attached hydrogens (tertiary/aromatic N) is 1. The Bertz CT molecular complexity index is 1050. The monoisotopic (exact) mass is 472 g/mol. The molecule has 32 heavy (non-hydrogen) atoms. The minimum Gasteiger partial charge on any atom is -0.490 e. The lowest BCUT2D eigenvalue weighted by Crippen LogP contribution is -2.41. The molecule has 3 amide bonds. The van der Waals surface area contributed by atoms with E-state index in [9.17, 15) is 14.4 Å². The first-order valence-corrected chi connectivity index (χ1v) is 12.1. The first kappa shape index (κ1) is 22.4. The lowest BCUT2D eigenvalue weighted by Gasteiger charge is -2.24. The Labute approximate surface area is 194 Å². The molecular weight excluding hydrogens is 448 g/mol. The Hall–Kier alpha value is -2.78. The van der Waals surface area contributed by atoms with Gasteiger partial charge in [0.25, 0.3) is 11.1 Å². The zero-order valence-corrected chi connectivity index (χ0v) is 19.5. The van der Waals surface area contributed by atoms with Crippen molar-refractivity contribution in [1.29, 1.82) is 0 Å². The second-order valence-corrected chi connectivity index (χ2v) is 9.80. The predicted octanol–water partition coefficient (Wildman–Crippen LogP) is 4.46. The van der Waals surface area contributed by atoms with Crippen molar-refractivity contribution in [2.45, 2.75) is 26.3 Å². The molecule has 168 valence electrons. The number of thioether (sulfide) groups is 1. The number of nitrogens with one attached hydrogen (secondary N) is 1. The number of ether oxygens (including phenoxy) is 2. The van der Waals surface area contributed by atoms with Crippen molar-refractivity contribution in [2.75, 3.05) is 19.8 Å². The molecule has 9 heteroatoms. The number of rotatable bonds is 6. The van der Waals surface area contributed by atoms with E-state index in [1.165, 1.54) is 11.3 Å². The second kappa shape index (κ2) is 9.79. The van der Waals surface area contributed by atoms with Gasteiger partial charge in [0, 0.05) is 11.3 Å². The molecule has 7 nitrogen and oxygen atoms in total. The van der Waals surface area contributed by atoms with E-state index < -0.39 is 17.1 Å². The smallest absolute Gasteiger partial charge is 0.294 e. The highest BCUT2D eigenvalue weighted by atomic mass is 32.2. The van der Waals surface area contributed by atoms with E-state index in [-0.39, 0.29) is 18.5 Å². The van der Waals surface area contributed by atoms with Crippen LogP contribution in [-0.4, -0.2) is 41.7 Å². The second-order valence-electron chi connectivity index (χ2n) is 7.83. The maximum absolute atomic E-state index is 12.8. The van der Waals surface area contributed by atoms with Crippen LogP contribution in [0.3, 0.4) is 0 Å². The van der Waals surface area contributed by atoms with Gasteiger partial charge in [-0.15, -0.1) is 11.3 Å². The summed E-state index contributed by atoms with van der Waals surface area (Å²) < 4.78 is 11.5. The van der Waals surface area contributed by atoms with Crippen LogP contribution < -0.4 is 14.8 Å². The Morgan fingerprint density at radius 2 is 1.97 bits per heavy atom. The van der Waals surface area contributed by atoms with Crippen LogP contribution in [0.2, 0.25) is 0 Å². The van der Waals surface area contributed by atoms with Gasteiger partial charge < -0.3 is 14.8 Å². The zero-order valence-electron chi connectivity index (χ0n) is 17.8. The maximum atomic E-state index is 12.8. The van der Waals surface area contributed by atoms with E-state index in [0.717, 1.165) is 33.5 Å². The van der Waals surface area contributed by atoms with Gasteiger partial charge in [0.1, 0.15) is 6.54 Å². The average molecular weight is 473 g/mol. The van der Waals surface area contributed by atoms with Crippen LogP contribution >= 0.6 is 23.1 Å². The SMILES string of the molecule is CC(C)C(NC(=O)CN1C(=O)S/C(=C\c2cccs2)C1=O)c1ccc2c(c1)OCCCO2. The highest BCUT2D eigenvalue weighted by Gasteiger charge is 2.36. The number of hydrogen-bond acceptors (Lipinski definition) is 7. The van der Waals surface area contributed by atoms with E-state index >= 15 is 0 Å². The Kier molecular flexibility index (Phi) is 6.86. The summed E-state index contributed by atoms with van der Waals surface area (Å²) in [7, 11) is 0. The number of hydrogen-bond donors (Lipinski definition) is 1. The first-order valence-electron chi connectivity index (χ1n) is 10.4. The summed E-state index contributed by atoms with van der Waals surface area (Å²) in [6, 6.07) is 9.08. The molecule has 0 aliphatic carbocycles. The number of benzene rings is 1. The van der Waals surface area contributed by atoms with Crippen LogP contribution in [0.1, 0.15) is 36.8 Å². The summed E-state index contributed by atoms with van der Waals surface area (Å²) in [6.07, 6.45) is 2.50. The molecule has 3 heterocycles. The van der Waals surface area contributed by atoms with Gasteiger partial charge in [-0.3, -0.25) is 19.3 Å². The number of amides is 3. The van der Waals surface area contributed by atoms with Gasteiger partial charge >= 0.3 is 0 Å². The minimum absolute atomic E-state index is 0.0809. The van der Waals surface area contributed by atoms with Crippen LogP contribution in [0.15, 0.2) is 40.6 Å². The summed E-state index contributed by atoms with van der Waals surface area (Å²) in [5.41, 5.74) is 0.879. The molecule has 0 spiro atoms. The third-order valence-electron chi connectivity index (χ3n) is 5.11. The van der Waals surface area contributed by atoms with Gasteiger partial charge in [0.2, 0.25) is 5.91 Å². The average Bonchev–Trinajstić information content (AvgIpc) is 3.27. The van der Waals surface area contributed by atoms with E-state index in [1.807, 2.05) is 49.6 Å². The zero-order chi connectivity index (χ0) is 22.7. The molecule has 2 aliphatic heterocycles. The van der Waals surface area contributed by atoms with Crippen molar-refractivity contribution < 1.29 is 23.9 Å². The fourth-order valence-corrected chi connectivity index (χ4v) is 5.07. The van der Waals surface area contributed by atoms with Crippen molar-refractivity contribution in [1.82, 2.24) is 10.2 Å². The quantitative estimate of drug-likeness (QED) is 0.625. The largest absolute Gasteiger partial charge is 0.490 e. The maximum Gasteiger partial charge on any atom is 0.294 e. The van der Waals surface area contributed by atoms with Crippen molar-refractivity contribution in [3.63, 3.8) is 0 Å². The van der Waals surface area contributed by atoms with Gasteiger partial charge in [0.05, 0.1) is 24.2 Å². The number of fused-ring (bicyclic) bond motifs is 1. The molecule has 2 aromatic rings. The molecule has 1 atom stereocenters. The number of thiophene rings is 1. The lowest BCUT2D eigenvalue weighted by atomic mass is 9.95. The Morgan fingerprint density at radius 3 is 2.69 bits per heavy atom. The van der Waals surface area contributed by atoms with Gasteiger partial charge in [-0.2, -0.15) is 0 Å². The van der Waals surface area contributed by atoms with E-state index in [1.54, 1.807) is 6.08 Å².